The summed E-state index contributed by atoms with van der Waals surface area (Å²) >= 11 is 0. The second-order valence-corrected chi connectivity index (χ2v) is 4.21. The third-order valence-corrected chi connectivity index (χ3v) is 2.93. The number of fused-ring (bicyclic) bond motifs is 1. The molecule has 0 radical (unpaired) electrons. The number of methoxy groups -OCH3 is 1. The van der Waals surface area contributed by atoms with Gasteiger partial charge in [0.05, 0.1) is 18.3 Å². The molecule has 0 N–H and O–H groups in total. The molecule has 0 amide bonds. The number of hydrogen-bond acceptors (Lipinski definition) is 4. The average molecular weight is 269 g/mol. The summed E-state index contributed by atoms with van der Waals surface area (Å²) < 4.78 is 19.4. The van der Waals surface area contributed by atoms with Crippen LogP contribution in [-0.2, 0) is 0 Å². The van der Waals surface area contributed by atoms with E-state index in [2.05, 4.69) is 9.97 Å². The van der Waals surface area contributed by atoms with Gasteiger partial charge in [-0.25, -0.2) is 9.97 Å². The minimum absolute atomic E-state index is 0.00821. The van der Waals surface area contributed by atoms with Gasteiger partial charge in [-0.3, -0.25) is 0 Å². The van der Waals surface area contributed by atoms with Crippen LogP contribution in [-0.4, -0.2) is 17.1 Å². The summed E-state index contributed by atoms with van der Waals surface area (Å²) in [5, 5.41) is 1.26. The van der Waals surface area contributed by atoms with Crippen LogP contribution in [0.1, 0.15) is 0 Å². The van der Waals surface area contributed by atoms with Gasteiger partial charge < -0.3 is 4.74 Å². The van der Waals surface area contributed by atoms with Crippen LogP contribution in [0.15, 0.2) is 54.7 Å². The molecule has 1 aromatic heterocycles. The lowest BCUT2D eigenvalue weighted by molar-refractivity contribution is 0.415. The monoisotopic (exact) mass is 269 g/mol. The molecule has 4 nitrogen and oxygen atoms in total. The van der Waals surface area contributed by atoms with E-state index in [9.17, 15) is 4.48 Å². The van der Waals surface area contributed by atoms with Crippen molar-refractivity contribution in [2.75, 3.05) is 12.2 Å². The normalized spacial score (nSPS) is 10.5. The quantitative estimate of drug-likeness (QED) is 0.680. The summed E-state index contributed by atoms with van der Waals surface area (Å²) in [6, 6.07) is 14.0. The number of aromatic nitrogens is 2. The first-order valence-electron chi connectivity index (χ1n) is 6.10. The van der Waals surface area contributed by atoms with Crippen molar-refractivity contribution in [3.8, 4) is 5.75 Å². The van der Waals surface area contributed by atoms with Gasteiger partial charge in [0, 0.05) is 11.6 Å². The fourth-order valence-corrected chi connectivity index (χ4v) is 1.90. The minimum atomic E-state index is 0.00821. The molecular formula is C15H12FN3O. The Kier molecular flexibility index (Phi) is 3.16. The molecule has 5 heteroatoms. The van der Waals surface area contributed by atoms with Crippen LogP contribution < -0.4 is 9.86 Å². The van der Waals surface area contributed by atoms with Crippen LogP contribution >= 0.6 is 0 Å². The highest BCUT2D eigenvalue weighted by atomic mass is 19.2. The van der Waals surface area contributed by atoms with Gasteiger partial charge in [-0.15, -0.1) is 5.12 Å². The molecular weight excluding hydrogens is 257 g/mol. The lowest BCUT2D eigenvalue weighted by atomic mass is 10.2. The van der Waals surface area contributed by atoms with E-state index in [1.807, 2.05) is 12.1 Å². The standard InChI is InChI=1S/C15H12FN3O/c1-20-13-7-8-14-11(9-13)10-17-15(18-14)19(16)12-5-3-2-4-6-12/h2-10H,1H3. The van der Waals surface area contributed by atoms with E-state index < -0.39 is 0 Å². The summed E-state index contributed by atoms with van der Waals surface area (Å²) in [5.74, 6) is 0.725. The molecule has 0 atom stereocenters. The number of benzene rings is 2. The second-order valence-electron chi connectivity index (χ2n) is 4.21. The lowest BCUT2D eigenvalue weighted by Crippen LogP contribution is -2.07. The molecule has 0 fully saturated rings. The van der Waals surface area contributed by atoms with Crippen molar-refractivity contribution in [1.29, 1.82) is 0 Å². The molecule has 3 aromatic rings. The third-order valence-electron chi connectivity index (χ3n) is 2.93. The van der Waals surface area contributed by atoms with E-state index >= 15 is 0 Å². The van der Waals surface area contributed by atoms with E-state index in [1.54, 1.807) is 49.7 Å². The summed E-state index contributed by atoms with van der Waals surface area (Å²) in [5.41, 5.74) is 1.05. The number of anilines is 2. The smallest absolute Gasteiger partial charge is 0.259 e. The van der Waals surface area contributed by atoms with E-state index in [0.29, 0.717) is 22.1 Å². The fraction of sp³-hybridized carbons (Fsp3) is 0.0667. The molecule has 100 valence electrons. The van der Waals surface area contributed by atoms with Crippen molar-refractivity contribution < 1.29 is 9.22 Å². The molecule has 0 unspecified atom stereocenters. The number of halogens is 1. The zero-order chi connectivity index (χ0) is 13.9. The van der Waals surface area contributed by atoms with Gasteiger partial charge in [-0.1, -0.05) is 22.7 Å². The predicted molar refractivity (Wildman–Crippen MR) is 75.8 cm³/mol. The zero-order valence-electron chi connectivity index (χ0n) is 10.8. The van der Waals surface area contributed by atoms with Crippen LogP contribution in [0.25, 0.3) is 10.9 Å². The van der Waals surface area contributed by atoms with Crippen molar-refractivity contribution in [3.63, 3.8) is 0 Å². The highest BCUT2D eigenvalue weighted by molar-refractivity contribution is 5.80. The van der Waals surface area contributed by atoms with Gasteiger partial charge in [-0.2, -0.15) is 0 Å². The Labute approximate surface area is 115 Å². The maximum Gasteiger partial charge on any atom is 0.259 e. The highest BCUT2D eigenvalue weighted by Crippen LogP contribution is 2.25. The lowest BCUT2D eigenvalue weighted by Gasteiger charge is -2.12. The Hall–Kier alpha value is -2.69. The van der Waals surface area contributed by atoms with Gasteiger partial charge in [0.2, 0.25) is 0 Å². The van der Waals surface area contributed by atoms with E-state index in [0.717, 1.165) is 5.39 Å². The molecule has 0 saturated heterocycles. The molecule has 0 spiro atoms. The Bertz CT molecular complexity index is 734. The van der Waals surface area contributed by atoms with E-state index in [-0.39, 0.29) is 5.95 Å². The SMILES string of the molecule is COc1ccc2nc(N(F)c3ccccc3)ncc2c1. The van der Waals surface area contributed by atoms with Crippen LogP contribution in [0.2, 0.25) is 0 Å². The van der Waals surface area contributed by atoms with Gasteiger partial charge in [0.25, 0.3) is 5.95 Å². The molecule has 0 bridgehead atoms. The maximum atomic E-state index is 14.2. The number of ether oxygens (including phenoxy) is 1. The highest BCUT2D eigenvalue weighted by Gasteiger charge is 2.11. The summed E-state index contributed by atoms with van der Waals surface area (Å²) in [6.07, 6.45) is 1.58. The van der Waals surface area contributed by atoms with Crippen molar-refractivity contribution in [3.05, 3.63) is 54.7 Å². The zero-order valence-corrected chi connectivity index (χ0v) is 10.8. The first-order chi connectivity index (χ1) is 9.78. The molecule has 0 aliphatic rings. The molecule has 1 heterocycles. The molecule has 0 saturated carbocycles. The predicted octanol–water partition coefficient (Wildman–Crippen LogP) is 3.66. The van der Waals surface area contributed by atoms with Crippen LogP contribution in [0.3, 0.4) is 0 Å². The third kappa shape index (κ3) is 2.25. The maximum absolute atomic E-state index is 14.2. The number of para-hydroxylation sites is 1. The van der Waals surface area contributed by atoms with Crippen LogP contribution in [0.4, 0.5) is 16.1 Å². The second kappa shape index (κ2) is 5.13. The first kappa shape index (κ1) is 12.3. The fourth-order valence-electron chi connectivity index (χ4n) is 1.90. The van der Waals surface area contributed by atoms with Crippen molar-refractivity contribution in [2.24, 2.45) is 0 Å². The Morgan fingerprint density at radius 2 is 1.90 bits per heavy atom. The number of rotatable bonds is 3. The van der Waals surface area contributed by atoms with Crippen molar-refractivity contribution in [1.82, 2.24) is 9.97 Å². The molecule has 0 aliphatic heterocycles. The number of hydrogen-bond donors (Lipinski definition) is 0. The molecule has 20 heavy (non-hydrogen) atoms. The van der Waals surface area contributed by atoms with Crippen molar-refractivity contribution in [2.45, 2.75) is 0 Å². The van der Waals surface area contributed by atoms with E-state index in [1.165, 1.54) is 0 Å². The van der Waals surface area contributed by atoms with E-state index in [4.69, 9.17) is 4.74 Å². The van der Waals surface area contributed by atoms with Gasteiger partial charge >= 0.3 is 0 Å². The minimum Gasteiger partial charge on any atom is -0.497 e. The van der Waals surface area contributed by atoms with Gasteiger partial charge in [0.1, 0.15) is 5.75 Å². The van der Waals surface area contributed by atoms with Gasteiger partial charge in [-0.05, 0) is 30.3 Å². The van der Waals surface area contributed by atoms with Gasteiger partial charge in [0.15, 0.2) is 0 Å². The Morgan fingerprint density at radius 3 is 2.65 bits per heavy atom. The summed E-state index contributed by atoms with van der Waals surface area (Å²) in [7, 11) is 1.59. The Morgan fingerprint density at radius 1 is 1.10 bits per heavy atom. The van der Waals surface area contributed by atoms with Crippen LogP contribution in [0, 0.1) is 0 Å². The summed E-state index contributed by atoms with van der Waals surface area (Å²) in [6.45, 7) is 0. The van der Waals surface area contributed by atoms with Crippen molar-refractivity contribution >= 4 is 22.5 Å². The molecule has 0 aliphatic carbocycles. The molecule has 2 aromatic carbocycles. The average Bonchev–Trinajstić information content (AvgIpc) is 2.54. The number of nitrogens with zero attached hydrogens (tertiary/aromatic N) is 3. The summed E-state index contributed by atoms with van der Waals surface area (Å²) in [4.78, 5) is 8.25. The van der Waals surface area contributed by atoms with Crippen LogP contribution in [0.5, 0.6) is 5.75 Å². The largest absolute Gasteiger partial charge is 0.497 e. The Balaban J connectivity index is 2.01. The first-order valence-corrected chi connectivity index (χ1v) is 6.10. The molecule has 3 rings (SSSR count). The topological polar surface area (TPSA) is 38.2 Å².